The molecule has 0 unspecified atom stereocenters. The fourth-order valence-corrected chi connectivity index (χ4v) is 5.09. The lowest BCUT2D eigenvalue weighted by molar-refractivity contribution is -0.139. The molecule has 0 spiro atoms. The number of aromatic nitrogens is 1. The molecule has 0 aromatic carbocycles. The van der Waals surface area contributed by atoms with Crippen molar-refractivity contribution in [2.24, 2.45) is 5.92 Å². The van der Waals surface area contributed by atoms with E-state index in [9.17, 15) is 9.90 Å². The first-order chi connectivity index (χ1) is 12.2. The SMILES string of the molecule is O=C(C1CCC(n2cccc2)CC1)N1CCN([C@@H]2CCC[C@H]2O)CC1. The molecule has 1 N–H and O–H groups in total. The Balaban J connectivity index is 1.25. The van der Waals surface area contributed by atoms with Gasteiger partial charge >= 0.3 is 0 Å². The minimum Gasteiger partial charge on any atom is -0.391 e. The van der Waals surface area contributed by atoms with Gasteiger partial charge in [0.2, 0.25) is 5.91 Å². The molecule has 5 nitrogen and oxygen atoms in total. The molecule has 1 aromatic rings. The second kappa shape index (κ2) is 7.50. The number of carbonyl (C=O) groups is 1. The molecule has 2 saturated carbocycles. The number of hydrogen-bond acceptors (Lipinski definition) is 3. The molecule has 3 fully saturated rings. The zero-order valence-corrected chi connectivity index (χ0v) is 15.1. The standard InChI is InChI=1S/C20H31N3O2/c24-19-5-3-4-18(19)22-12-14-23(15-13-22)20(25)16-6-8-17(9-7-16)21-10-1-2-11-21/h1-2,10-11,16-19,24H,3-9,12-15H2/t16?,17?,18-,19-/m1/s1. The van der Waals surface area contributed by atoms with Crippen LogP contribution in [0.1, 0.15) is 51.0 Å². The highest BCUT2D eigenvalue weighted by Crippen LogP contribution is 2.33. The summed E-state index contributed by atoms with van der Waals surface area (Å²) in [5.41, 5.74) is 0. The van der Waals surface area contributed by atoms with Gasteiger partial charge in [-0.3, -0.25) is 9.69 Å². The molecule has 1 saturated heterocycles. The average Bonchev–Trinajstić information content (AvgIpc) is 3.33. The molecule has 0 radical (unpaired) electrons. The van der Waals surface area contributed by atoms with Gasteiger partial charge in [-0.05, 0) is 57.1 Å². The first-order valence-corrected chi connectivity index (χ1v) is 10.1. The van der Waals surface area contributed by atoms with Crippen molar-refractivity contribution >= 4 is 5.91 Å². The van der Waals surface area contributed by atoms with Gasteiger partial charge < -0.3 is 14.6 Å². The largest absolute Gasteiger partial charge is 0.391 e. The second-order valence-electron chi connectivity index (χ2n) is 8.06. The molecule has 0 bridgehead atoms. The summed E-state index contributed by atoms with van der Waals surface area (Å²) in [5.74, 6) is 0.591. The van der Waals surface area contributed by atoms with E-state index in [-0.39, 0.29) is 12.0 Å². The Morgan fingerprint density at radius 2 is 1.56 bits per heavy atom. The molecule has 138 valence electrons. The maximum absolute atomic E-state index is 12.9. The Hall–Kier alpha value is -1.33. The van der Waals surface area contributed by atoms with Crippen LogP contribution in [0.5, 0.6) is 0 Å². The third-order valence-corrected chi connectivity index (χ3v) is 6.63. The number of amides is 1. The molecule has 1 aromatic heterocycles. The van der Waals surface area contributed by atoms with Crippen LogP contribution in [0, 0.1) is 5.92 Å². The predicted octanol–water partition coefficient (Wildman–Crippen LogP) is 2.28. The first-order valence-electron chi connectivity index (χ1n) is 10.1. The fourth-order valence-electron chi connectivity index (χ4n) is 5.09. The monoisotopic (exact) mass is 345 g/mol. The lowest BCUT2D eigenvalue weighted by Gasteiger charge is -2.41. The molecule has 2 atom stereocenters. The van der Waals surface area contributed by atoms with E-state index in [1.54, 1.807) is 0 Å². The van der Waals surface area contributed by atoms with Gasteiger partial charge in [0.05, 0.1) is 6.10 Å². The van der Waals surface area contributed by atoms with E-state index >= 15 is 0 Å². The van der Waals surface area contributed by atoms with Gasteiger partial charge in [-0.2, -0.15) is 0 Å². The normalized spacial score (nSPS) is 34.4. The number of carbonyl (C=O) groups excluding carboxylic acids is 1. The third-order valence-electron chi connectivity index (χ3n) is 6.63. The summed E-state index contributed by atoms with van der Waals surface area (Å²) in [6.45, 7) is 3.51. The Bertz CT molecular complexity index is 558. The maximum Gasteiger partial charge on any atom is 0.225 e. The molecule has 25 heavy (non-hydrogen) atoms. The smallest absolute Gasteiger partial charge is 0.225 e. The van der Waals surface area contributed by atoms with Gasteiger partial charge in [0.1, 0.15) is 0 Å². The van der Waals surface area contributed by atoms with E-state index in [0.717, 1.165) is 71.1 Å². The number of aliphatic hydroxyl groups excluding tert-OH is 1. The lowest BCUT2D eigenvalue weighted by atomic mass is 9.85. The number of nitrogens with zero attached hydrogens (tertiary/aromatic N) is 3. The number of piperazine rings is 1. The quantitative estimate of drug-likeness (QED) is 0.914. The van der Waals surface area contributed by atoms with E-state index in [1.165, 1.54) is 0 Å². The summed E-state index contributed by atoms with van der Waals surface area (Å²) in [5, 5.41) is 10.1. The van der Waals surface area contributed by atoms with E-state index in [4.69, 9.17) is 0 Å². The van der Waals surface area contributed by atoms with Crippen molar-refractivity contribution < 1.29 is 9.90 Å². The van der Waals surface area contributed by atoms with Crippen LogP contribution in [-0.4, -0.2) is 63.7 Å². The molecule has 5 heteroatoms. The second-order valence-corrected chi connectivity index (χ2v) is 8.06. The Labute approximate surface area is 150 Å². The summed E-state index contributed by atoms with van der Waals surface area (Å²) in [6.07, 6.45) is 11.6. The number of aliphatic hydroxyl groups is 1. The van der Waals surface area contributed by atoms with Crippen LogP contribution in [0.4, 0.5) is 0 Å². The predicted molar refractivity (Wildman–Crippen MR) is 97.2 cm³/mol. The van der Waals surface area contributed by atoms with Crippen LogP contribution in [0.25, 0.3) is 0 Å². The van der Waals surface area contributed by atoms with Gasteiger partial charge in [0, 0.05) is 56.6 Å². The van der Waals surface area contributed by atoms with Crippen molar-refractivity contribution in [2.75, 3.05) is 26.2 Å². The summed E-state index contributed by atoms with van der Waals surface area (Å²) in [6, 6.07) is 5.06. The summed E-state index contributed by atoms with van der Waals surface area (Å²) in [7, 11) is 0. The third kappa shape index (κ3) is 3.63. The first kappa shape index (κ1) is 17.1. The van der Waals surface area contributed by atoms with Crippen LogP contribution < -0.4 is 0 Å². The maximum atomic E-state index is 12.9. The molecule has 2 heterocycles. The van der Waals surface area contributed by atoms with Crippen LogP contribution in [0.3, 0.4) is 0 Å². The molecule has 2 aliphatic carbocycles. The minimum atomic E-state index is -0.161. The van der Waals surface area contributed by atoms with E-state index in [0.29, 0.717) is 18.0 Å². The zero-order valence-electron chi connectivity index (χ0n) is 15.1. The van der Waals surface area contributed by atoms with Crippen molar-refractivity contribution in [2.45, 2.75) is 63.1 Å². The van der Waals surface area contributed by atoms with Crippen molar-refractivity contribution in [3.63, 3.8) is 0 Å². The summed E-state index contributed by atoms with van der Waals surface area (Å²) >= 11 is 0. The van der Waals surface area contributed by atoms with E-state index in [1.807, 2.05) is 0 Å². The molecule has 3 aliphatic rings. The van der Waals surface area contributed by atoms with Crippen LogP contribution in [0.15, 0.2) is 24.5 Å². The number of rotatable bonds is 3. The van der Waals surface area contributed by atoms with E-state index in [2.05, 4.69) is 38.9 Å². The molecule has 1 aliphatic heterocycles. The van der Waals surface area contributed by atoms with E-state index < -0.39 is 0 Å². The molecule has 4 rings (SSSR count). The number of hydrogen-bond donors (Lipinski definition) is 1. The van der Waals surface area contributed by atoms with Gasteiger partial charge in [-0.25, -0.2) is 0 Å². The van der Waals surface area contributed by atoms with Gasteiger partial charge in [0.15, 0.2) is 0 Å². The highest BCUT2D eigenvalue weighted by molar-refractivity contribution is 5.79. The molecular weight excluding hydrogens is 314 g/mol. The van der Waals surface area contributed by atoms with Crippen LogP contribution in [-0.2, 0) is 4.79 Å². The van der Waals surface area contributed by atoms with Crippen LogP contribution in [0.2, 0.25) is 0 Å². The molecular formula is C20H31N3O2. The van der Waals surface area contributed by atoms with Crippen molar-refractivity contribution in [1.82, 2.24) is 14.4 Å². The summed E-state index contributed by atoms with van der Waals surface area (Å²) < 4.78 is 2.30. The Kier molecular flexibility index (Phi) is 5.13. The highest BCUT2D eigenvalue weighted by atomic mass is 16.3. The summed E-state index contributed by atoms with van der Waals surface area (Å²) in [4.78, 5) is 17.4. The highest BCUT2D eigenvalue weighted by Gasteiger charge is 2.35. The van der Waals surface area contributed by atoms with Crippen molar-refractivity contribution in [1.29, 1.82) is 0 Å². The van der Waals surface area contributed by atoms with Crippen molar-refractivity contribution in [3.05, 3.63) is 24.5 Å². The topological polar surface area (TPSA) is 48.7 Å². The Morgan fingerprint density at radius 1 is 0.880 bits per heavy atom. The fraction of sp³-hybridized carbons (Fsp3) is 0.750. The molecule has 1 amide bonds. The van der Waals surface area contributed by atoms with Gasteiger partial charge in [-0.1, -0.05) is 0 Å². The average molecular weight is 345 g/mol. The minimum absolute atomic E-state index is 0.161. The van der Waals surface area contributed by atoms with Gasteiger partial charge in [-0.15, -0.1) is 0 Å². The zero-order chi connectivity index (χ0) is 17.2. The lowest BCUT2D eigenvalue weighted by Crippen LogP contribution is -2.54. The Morgan fingerprint density at radius 3 is 2.16 bits per heavy atom. The van der Waals surface area contributed by atoms with Crippen LogP contribution >= 0.6 is 0 Å². The van der Waals surface area contributed by atoms with Crippen molar-refractivity contribution in [3.8, 4) is 0 Å². The van der Waals surface area contributed by atoms with Gasteiger partial charge in [0.25, 0.3) is 0 Å².